The fourth-order valence-corrected chi connectivity index (χ4v) is 1.24. The second-order valence-electron chi connectivity index (χ2n) is 3.05. The first kappa shape index (κ1) is 12.9. The summed E-state index contributed by atoms with van der Waals surface area (Å²) in [6.45, 7) is 2.06. The third-order valence-electron chi connectivity index (χ3n) is 2.01. The molecule has 0 unspecified atom stereocenters. The van der Waals surface area contributed by atoms with E-state index in [4.69, 9.17) is 4.84 Å². The topological polar surface area (TPSA) is 65.0 Å². The van der Waals surface area contributed by atoms with Gasteiger partial charge in [-0.3, -0.25) is 4.79 Å². The van der Waals surface area contributed by atoms with Crippen molar-refractivity contribution in [2.75, 3.05) is 13.7 Å². The van der Waals surface area contributed by atoms with Crippen molar-refractivity contribution in [1.29, 1.82) is 0 Å². The van der Waals surface area contributed by atoms with Crippen molar-refractivity contribution < 1.29 is 19.2 Å². The molecule has 0 saturated heterocycles. The zero-order valence-corrected chi connectivity index (χ0v) is 9.67. The molecule has 5 heteroatoms. The smallest absolute Gasteiger partial charge is 0.360 e. The molecule has 0 amide bonds. The van der Waals surface area contributed by atoms with Gasteiger partial charge < -0.3 is 9.57 Å². The van der Waals surface area contributed by atoms with E-state index in [0.717, 1.165) is 0 Å². The summed E-state index contributed by atoms with van der Waals surface area (Å²) in [6, 6.07) is 6.60. The predicted molar refractivity (Wildman–Crippen MR) is 62.0 cm³/mol. The molecule has 17 heavy (non-hydrogen) atoms. The highest BCUT2D eigenvalue weighted by molar-refractivity contribution is 6.44. The minimum Gasteiger partial charge on any atom is -0.464 e. The molecule has 0 spiro atoms. The highest BCUT2D eigenvalue weighted by Gasteiger charge is 2.18. The summed E-state index contributed by atoms with van der Waals surface area (Å²) in [6.07, 6.45) is 0.653. The summed E-state index contributed by atoms with van der Waals surface area (Å²) in [7, 11) is 1.24. The van der Waals surface area contributed by atoms with Gasteiger partial charge in [-0.25, -0.2) is 4.79 Å². The third-order valence-corrected chi connectivity index (χ3v) is 2.01. The number of carbonyl (C=O) groups is 2. The van der Waals surface area contributed by atoms with Crippen LogP contribution in [0.1, 0.15) is 22.8 Å². The van der Waals surface area contributed by atoms with Gasteiger partial charge in [0.1, 0.15) is 6.61 Å². The fourth-order valence-electron chi connectivity index (χ4n) is 1.24. The van der Waals surface area contributed by atoms with E-state index in [9.17, 15) is 9.59 Å². The van der Waals surface area contributed by atoms with Gasteiger partial charge in [0.05, 0.1) is 7.11 Å². The van der Waals surface area contributed by atoms with Crippen molar-refractivity contribution in [2.45, 2.75) is 6.92 Å². The number of oxime groups is 1. The zero-order valence-electron chi connectivity index (χ0n) is 9.67. The van der Waals surface area contributed by atoms with Crippen molar-refractivity contribution in [3.05, 3.63) is 35.4 Å². The van der Waals surface area contributed by atoms with Crippen LogP contribution in [-0.4, -0.2) is 31.7 Å². The average Bonchev–Trinajstić information content (AvgIpc) is 2.39. The maximum Gasteiger partial charge on any atom is 0.360 e. The molecule has 0 saturated carbocycles. The van der Waals surface area contributed by atoms with E-state index >= 15 is 0 Å². The van der Waals surface area contributed by atoms with Gasteiger partial charge in [-0.2, -0.15) is 0 Å². The molecule has 0 bridgehead atoms. The maximum atomic E-state index is 11.5. The van der Waals surface area contributed by atoms with E-state index in [1.54, 1.807) is 31.2 Å². The molecule has 0 aromatic heterocycles. The number of rotatable bonds is 5. The maximum absolute atomic E-state index is 11.5. The normalized spacial score (nSPS) is 10.8. The SMILES string of the molecule is CCO/N=C(\C(=O)OC)c1ccccc1C=O. The minimum absolute atomic E-state index is 0.0166. The second-order valence-corrected chi connectivity index (χ2v) is 3.05. The van der Waals surface area contributed by atoms with Crippen LogP contribution >= 0.6 is 0 Å². The van der Waals surface area contributed by atoms with Crippen molar-refractivity contribution in [1.82, 2.24) is 0 Å². The largest absolute Gasteiger partial charge is 0.464 e. The molecular formula is C12H13NO4. The summed E-state index contributed by atoms with van der Waals surface area (Å²) in [5.41, 5.74) is 0.733. The van der Waals surface area contributed by atoms with E-state index in [0.29, 0.717) is 24.0 Å². The lowest BCUT2D eigenvalue weighted by Gasteiger charge is -2.06. The van der Waals surface area contributed by atoms with E-state index in [1.165, 1.54) is 7.11 Å². The number of aldehydes is 1. The van der Waals surface area contributed by atoms with Gasteiger partial charge in [0.25, 0.3) is 0 Å². The van der Waals surface area contributed by atoms with Crippen molar-refractivity contribution in [2.24, 2.45) is 5.16 Å². The minimum atomic E-state index is -0.646. The van der Waals surface area contributed by atoms with Crippen molar-refractivity contribution in [3.8, 4) is 0 Å². The van der Waals surface area contributed by atoms with Gasteiger partial charge in [-0.15, -0.1) is 0 Å². The fraction of sp³-hybridized carbons (Fsp3) is 0.250. The van der Waals surface area contributed by atoms with Gasteiger partial charge in [-0.1, -0.05) is 29.4 Å². The molecule has 1 aromatic rings. The Morgan fingerprint density at radius 2 is 2.12 bits per heavy atom. The van der Waals surface area contributed by atoms with E-state index in [1.807, 2.05) is 0 Å². The van der Waals surface area contributed by atoms with Crippen LogP contribution in [0.3, 0.4) is 0 Å². The van der Waals surface area contributed by atoms with E-state index < -0.39 is 5.97 Å². The molecule has 0 aliphatic heterocycles. The molecule has 0 radical (unpaired) electrons. The molecule has 0 aliphatic rings. The lowest BCUT2D eigenvalue weighted by atomic mass is 10.0. The number of hydrogen-bond acceptors (Lipinski definition) is 5. The molecule has 0 heterocycles. The lowest BCUT2D eigenvalue weighted by molar-refractivity contribution is -0.132. The molecule has 0 aliphatic carbocycles. The first-order chi connectivity index (χ1) is 8.24. The van der Waals surface area contributed by atoms with Gasteiger partial charge in [0.15, 0.2) is 12.0 Å². The Hall–Kier alpha value is -2.17. The van der Waals surface area contributed by atoms with Crippen molar-refractivity contribution in [3.63, 3.8) is 0 Å². The number of hydrogen-bond donors (Lipinski definition) is 0. The second kappa shape index (κ2) is 6.42. The van der Waals surface area contributed by atoms with E-state index in [2.05, 4.69) is 9.89 Å². The molecule has 1 aromatic carbocycles. The van der Waals surface area contributed by atoms with Crippen LogP contribution < -0.4 is 0 Å². The number of ether oxygens (including phenoxy) is 1. The van der Waals surface area contributed by atoms with Crippen LogP contribution in [0.5, 0.6) is 0 Å². The molecule has 0 fully saturated rings. The first-order valence-electron chi connectivity index (χ1n) is 5.07. The van der Waals surface area contributed by atoms with E-state index in [-0.39, 0.29) is 5.71 Å². The lowest BCUT2D eigenvalue weighted by Crippen LogP contribution is -2.19. The quantitative estimate of drug-likeness (QED) is 0.335. The molecular weight excluding hydrogens is 222 g/mol. The zero-order chi connectivity index (χ0) is 12.7. The van der Waals surface area contributed by atoms with Gasteiger partial charge >= 0.3 is 5.97 Å². The Morgan fingerprint density at radius 3 is 2.71 bits per heavy atom. The average molecular weight is 235 g/mol. The van der Waals surface area contributed by atoms with Gasteiger partial charge in [0.2, 0.25) is 0 Å². The number of carbonyl (C=O) groups excluding carboxylic acids is 2. The number of benzene rings is 1. The molecule has 1 rings (SSSR count). The third kappa shape index (κ3) is 3.14. The molecule has 90 valence electrons. The molecule has 5 nitrogen and oxygen atoms in total. The monoisotopic (exact) mass is 235 g/mol. The highest BCUT2D eigenvalue weighted by atomic mass is 16.6. The van der Waals surface area contributed by atoms with Crippen LogP contribution in [0.25, 0.3) is 0 Å². The van der Waals surface area contributed by atoms with Crippen LogP contribution in [0.15, 0.2) is 29.4 Å². The Bertz CT molecular complexity index is 440. The number of nitrogens with zero attached hydrogens (tertiary/aromatic N) is 1. The Morgan fingerprint density at radius 1 is 1.41 bits per heavy atom. The Kier molecular flexibility index (Phi) is 4.87. The van der Waals surface area contributed by atoms with Crippen LogP contribution in [0.2, 0.25) is 0 Å². The molecule has 0 atom stereocenters. The summed E-state index contributed by atoms with van der Waals surface area (Å²) < 4.78 is 4.60. The predicted octanol–water partition coefficient (Wildman–Crippen LogP) is 1.41. The van der Waals surface area contributed by atoms with Crippen LogP contribution in [0.4, 0.5) is 0 Å². The summed E-state index contributed by atoms with van der Waals surface area (Å²) in [4.78, 5) is 27.2. The first-order valence-corrected chi connectivity index (χ1v) is 5.07. The summed E-state index contributed by atoms with van der Waals surface area (Å²) >= 11 is 0. The van der Waals surface area contributed by atoms with Gasteiger partial charge in [-0.05, 0) is 6.92 Å². The number of esters is 1. The molecule has 0 N–H and O–H groups in total. The van der Waals surface area contributed by atoms with Gasteiger partial charge in [0, 0.05) is 11.1 Å². The highest BCUT2D eigenvalue weighted by Crippen LogP contribution is 2.09. The Labute approximate surface area is 99.0 Å². The number of methoxy groups -OCH3 is 1. The standard InChI is InChI=1S/C12H13NO4/c1-3-17-13-11(12(15)16-2)10-7-5-4-6-9(10)8-14/h4-8H,3H2,1-2H3/b13-11-. The Balaban J connectivity index is 3.21. The van der Waals surface area contributed by atoms with Crippen molar-refractivity contribution >= 4 is 18.0 Å². The van der Waals surface area contributed by atoms with Crippen LogP contribution in [0, 0.1) is 0 Å². The summed E-state index contributed by atoms with van der Waals surface area (Å²) in [5, 5.41) is 3.68. The van der Waals surface area contributed by atoms with Crippen LogP contribution in [-0.2, 0) is 14.4 Å². The summed E-state index contributed by atoms with van der Waals surface area (Å²) in [5.74, 6) is -0.646.